The topological polar surface area (TPSA) is 29.5 Å². The maximum Gasteiger partial charge on any atom is 0.123 e. The molecule has 1 unspecified atom stereocenters. The van der Waals surface area contributed by atoms with Crippen molar-refractivity contribution in [3.8, 4) is 5.75 Å². The predicted octanol–water partition coefficient (Wildman–Crippen LogP) is 4.33. The summed E-state index contributed by atoms with van der Waals surface area (Å²) in [6, 6.07) is 14.1. The molecule has 0 fully saturated rings. The summed E-state index contributed by atoms with van der Waals surface area (Å²) in [5, 5.41) is 9.99. The molecule has 2 rings (SSSR count). The molecule has 0 radical (unpaired) electrons. The monoisotopic (exact) mass is 270 g/mol. The second kappa shape index (κ2) is 6.58. The van der Waals surface area contributed by atoms with Crippen LogP contribution in [0, 0.1) is 13.8 Å². The zero-order chi connectivity index (χ0) is 14.5. The quantitative estimate of drug-likeness (QED) is 0.876. The van der Waals surface area contributed by atoms with Gasteiger partial charge in [0.15, 0.2) is 0 Å². The van der Waals surface area contributed by atoms with Gasteiger partial charge in [0.05, 0.1) is 6.10 Å². The third-order valence-electron chi connectivity index (χ3n) is 3.76. The molecule has 0 spiro atoms. The lowest BCUT2D eigenvalue weighted by Crippen LogP contribution is -2.03. The van der Waals surface area contributed by atoms with Gasteiger partial charge >= 0.3 is 0 Å². The Morgan fingerprint density at radius 3 is 2.35 bits per heavy atom. The number of ether oxygens (including phenoxy) is 1. The highest BCUT2D eigenvalue weighted by molar-refractivity contribution is 5.44. The largest absolute Gasteiger partial charge is 0.489 e. The van der Waals surface area contributed by atoms with Crippen LogP contribution in [0.25, 0.3) is 0 Å². The highest BCUT2D eigenvalue weighted by Crippen LogP contribution is 2.29. The summed E-state index contributed by atoms with van der Waals surface area (Å²) in [6.07, 6.45) is 0.335. The summed E-state index contributed by atoms with van der Waals surface area (Å²) in [5.74, 6) is 0.887. The number of aliphatic hydroxyl groups excluding tert-OH is 1. The van der Waals surface area contributed by atoms with Crippen LogP contribution < -0.4 is 4.74 Å². The van der Waals surface area contributed by atoms with Gasteiger partial charge in [0.2, 0.25) is 0 Å². The van der Waals surface area contributed by atoms with Crippen molar-refractivity contribution in [2.45, 2.75) is 39.9 Å². The third kappa shape index (κ3) is 3.20. The van der Waals surface area contributed by atoms with E-state index in [1.54, 1.807) is 0 Å². The van der Waals surface area contributed by atoms with Crippen molar-refractivity contribution in [3.63, 3.8) is 0 Å². The fourth-order valence-electron chi connectivity index (χ4n) is 2.29. The molecule has 0 saturated carbocycles. The molecule has 2 nitrogen and oxygen atoms in total. The van der Waals surface area contributed by atoms with Gasteiger partial charge in [-0.3, -0.25) is 0 Å². The first-order valence-electron chi connectivity index (χ1n) is 7.08. The van der Waals surface area contributed by atoms with Crippen molar-refractivity contribution in [2.75, 3.05) is 0 Å². The first-order chi connectivity index (χ1) is 9.63. The average molecular weight is 270 g/mol. The lowest BCUT2D eigenvalue weighted by molar-refractivity contribution is 0.172. The molecule has 0 aliphatic rings. The Bertz CT molecular complexity index is 561. The summed E-state index contributed by atoms with van der Waals surface area (Å²) in [6.45, 7) is 6.64. The van der Waals surface area contributed by atoms with Gasteiger partial charge in [0.1, 0.15) is 12.4 Å². The fourth-order valence-corrected chi connectivity index (χ4v) is 2.29. The maximum absolute atomic E-state index is 9.99. The summed E-state index contributed by atoms with van der Waals surface area (Å²) in [7, 11) is 0. The van der Waals surface area contributed by atoms with E-state index in [1.165, 1.54) is 0 Å². The SMILES string of the molecule is CCC(O)c1ccc(OCc2ccccc2)c(C)c1C. The summed E-state index contributed by atoms with van der Waals surface area (Å²) in [4.78, 5) is 0. The number of hydrogen-bond donors (Lipinski definition) is 1. The molecule has 0 aliphatic carbocycles. The van der Waals surface area contributed by atoms with Gasteiger partial charge in [-0.05, 0) is 48.6 Å². The van der Waals surface area contributed by atoms with Crippen molar-refractivity contribution >= 4 is 0 Å². The van der Waals surface area contributed by atoms with E-state index in [0.717, 1.165) is 34.4 Å². The zero-order valence-corrected chi connectivity index (χ0v) is 12.4. The Morgan fingerprint density at radius 2 is 1.70 bits per heavy atom. The van der Waals surface area contributed by atoms with Crippen LogP contribution in [-0.4, -0.2) is 5.11 Å². The van der Waals surface area contributed by atoms with E-state index in [0.29, 0.717) is 6.61 Å². The molecule has 2 aromatic rings. The molecule has 1 atom stereocenters. The Kier molecular flexibility index (Phi) is 4.80. The Labute approximate surface area is 121 Å². The van der Waals surface area contributed by atoms with E-state index in [1.807, 2.05) is 51.1 Å². The minimum Gasteiger partial charge on any atom is -0.489 e. The van der Waals surface area contributed by atoms with Gasteiger partial charge in [-0.1, -0.05) is 43.3 Å². The smallest absolute Gasteiger partial charge is 0.123 e. The molecule has 20 heavy (non-hydrogen) atoms. The van der Waals surface area contributed by atoms with Crippen molar-refractivity contribution < 1.29 is 9.84 Å². The van der Waals surface area contributed by atoms with Crippen LogP contribution in [-0.2, 0) is 6.61 Å². The standard InChI is InChI=1S/C18H22O2/c1-4-17(19)16-10-11-18(14(3)13(16)2)20-12-15-8-6-5-7-9-15/h5-11,17,19H,4,12H2,1-3H3. The van der Waals surface area contributed by atoms with E-state index >= 15 is 0 Å². The molecule has 1 N–H and O–H groups in total. The summed E-state index contributed by atoms with van der Waals surface area (Å²) >= 11 is 0. The minimum atomic E-state index is -0.392. The highest BCUT2D eigenvalue weighted by atomic mass is 16.5. The summed E-state index contributed by atoms with van der Waals surface area (Å²) < 4.78 is 5.89. The first-order valence-corrected chi connectivity index (χ1v) is 7.08. The van der Waals surface area contributed by atoms with E-state index in [2.05, 4.69) is 12.1 Å². The van der Waals surface area contributed by atoms with Crippen LogP contribution in [0.2, 0.25) is 0 Å². The molecular weight excluding hydrogens is 248 g/mol. The number of benzene rings is 2. The molecule has 106 valence electrons. The Hall–Kier alpha value is -1.80. The molecule has 2 heteroatoms. The van der Waals surface area contributed by atoms with Crippen molar-refractivity contribution in [1.29, 1.82) is 0 Å². The molecule has 0 bridgehead atoms. The van der Waals surface area contributed by atoms with Crippen LogP contribution >= 0.6 is 0 Å². The van der Waals surface area contributed by atoms with Gasteiger partial charge in [-0.25, -0.2) is 0 Å². The van der Waals surface area contributed by atoms with Gasteiger partial charge in [-0.2, -0.15) is 0 Å². The molecule has 2 aromatic carbocycles. The van der Waals surface area contributed by atoms with E-state index in [-0.39, 0.29) is 0 Å². The lowest BCUT2D eigenvalue weighted by Gasteiger charge is -2.17. The normalized spacial score (nSPS) is 12.2. The van der Waals surface area contributed by atoms with E-state index in [9.17, 15) is 5.11 Å². The van der Waals surface area contributed by atoms with Gasteiger partial charge in [0, 0.05) is 0 Å². The maximum atomic E-state index is 9.99. The van der Waals surface area contributed by atoms with Crippen molar-refractivity contribution in [2.24, 2.45) is 0 Å². The molecule has 0 aromatic heterocycles. The van der Waals surface area contributed by atoms with E-state index in [4.69, 9.17) is 4.74 Å². The van der Waals surface area contributed by atoms with Crippen LogP contribution in [0.4, 0.5) is 0 Å². The van der Waals surface area contributed by atoms with Crippen molar-refractivity contribution in [3.05, 3.63) is 64.7 Å². The van der Waals surface area contributed by atoms with Gasteiger partial charge < -0.3 is 9.84 Å². The van der Waals surface area contributed by atoms with Gasteiger partial charge in [-0.15, -0.1) is 0 Å². The Balaban J connectivity index is 2.15. The molecule has 0 heterocycles. The minimum absolute atomic E-state index is 0.392. The van der Waals surface area contributed by atoms with Crippen LogP contribution in [0.15, 0.2) is 42.5 Å². The number of rotatable bonds is 5. The van der Waals surface area contributed by atoms with Gasteiger partial charge in [0.25, 0.3) is 0 Å². The molecule has 0 aliphatic heterocycles. The lowest BCUT2D eigenvalue weighted by atomic mass is 9.97. The van der Waals surface area contributed by atoms with Crippen molar-refractivity contribution in [1.82, 2.24) is 0 Å². The third-order valence-corrected chi connectivity index (χ3v) is 3.76. The second-order valence-corrected chi connectivity index (χ2v) is 5.10. The molecule has 0 saturated heterocycles. The fraction of sp³-hybridized carbons (Fsp3) is 0.333. The van der Waals surface area contributed by atoms with E-state index < -0.39 is 6.10 Å². The Morgan fingerprint density at radius 1 is 1.00 bits per heavy atom. The number of hydrogen-bond acceptors (Lipinski definition) is 2. The summed E-state index contributed by atoms with van der Waals surface area (Å²) in [5.41, 5.74) is 4.37. The van der Waals surface area contributed by atoms with Crippen LogP contribution in [0.3, 0.4) is 0 Å². The average Bonchev–Trinajstić information content (AvgIpc) is 2.49. The predicted molar refractivity (Wildman–Crippen MR) is 81.9 cm³/mol. The first kappa shape index (κ1) is 14.6. The zero-order valence-electron chi connectivity index (χ0n) is 12.4. The van der Waals surface area contributed by atoms with Crippen LogP contribution in [0.5, 0.6) is 5.75 Å². The number of aliphatic hydroxyl groups is 1. The highest BCUT2D eigenvalue weighted by Gasteiger charge is 2.12. The van der Waals surface area contributed by atoms with Crippen LogP contribution in [0.1, 0.15) is 41.7 Å². The molecule has 0 amide bonds. The second-order valence-electron chi connectivity index (χ2n) is 5.10. The molecular formula is C18H22O2.